The molecule has 2 nitrogen and oxygen atoms in total. The first-order chi connectivity index (χ1) is 6.74. The Balaban J connectivity index is 3.38. The van der Waals surface area contributed by atoms with Crippen molar-refractivity contribution < 1.29 is 5.11 Å². The first-order valence-electron chi connectivity index (χ1n) is 5.64. The Labute approximate surface area is 94.1 Å². The molecule has 1 atom stereocenters. The monoisotopic (exact) mass is 219 g/mol. The van der Waals surface area contributed by atoms with Crippen molar-refractivity contribution >= 4 is 12.6 Å². The molecular formula is C11H25NOS. The maximum atomic E-state index is 8.63. The van der Waals surface area contributed by atoms with E-state index < -0.39 is 0 Å². The SMILES string of the molecule is CCC(CS)CN(C)CCCCCO. The average molecular weight is 219 g/mol. The second-order valence-electron chi connectivity index (χ2n) is 4.00. The minimum atomic E-state index is 0.331. The standard InChI is InChI=1S/C11H25NOS/c1-3-11(10-14)9-12(2)7-5-4-6-8-13/h11,13-14H,3-10H2,1-2H3. The number of unbranched alkanes of at least 4 members (excludes halogenated alkanes) is 2. The molecule has 0 fully saturated rings. The summed E-state index contributed by atoms with van der Waals surface area (Å²) >= 11 is 4.34. The number of hydrogen-bond donors (Lipinski definition) is 2. The van der Waals surface area contributed by atoms with Crippen LogP contribution in [-0.4, -0.2) is 42.5 Å². The van der Waals surface area contributed by atoms with Crippen LogP contribution < -0.4 is 0 Å². The zero-order valence-corrected chi connectivity index (χ0v) is 10.5. The Bertz CT molecular complexity index is 118. The van der Waals surface area contributed by atoms with Gasteiger partial charge < -0.3 is 10.0 Å². The van der Waals surface area contributed by atoms with E-state index in [-0.39, 0.29) is 0 Å². The molecule has 0 saturated heterocycles. The molecule has 1 N–H and O–H groups in total. The van der Waals surface area contributed by atoms with E-state index in [2.05, 4.69) is 31.5 Å². The van der Waals surface area contributed by atoms with Gasteiger partial charge in [0.25, 0.3) is 0 Å². The van der Waals surface area contributed by atoms with Crippen molar-refractivity contribution in [2.24, 2.45) is 5.92 Å². The van der Waals surface area contributed by atoms with Crippen LogP contribution in [0.3, 0.4) is 0 Å². The lowest BCUT2D eigenvalue weighted by atomic mass is 10.1. The van der Waals surface area contributed by atoms with Crippen LogP contribution in [0.15, 0.2) is 0 Å². The quantitative estimate of drug-likeness (QED) is 0.458. The summed E-state index contributed by atoms with van der Waals surface area (Å²) in [7, 11) is 2.17. The largest absolute Gasteiger partial charge is 0.396 e. The van der Waals surface area contributed by atoms with Gasteiger partial charge in [0.2, 0.25) is 0 Å². The fraction of sp³-hybridized carbons (Fsp3) is 1.00. The third kappa shape index (κ3) is 7.65. The molecule has 3 heteroatoms. The Morgan fingerprint density at radius 2 is 2.00 bits per heavy atom. The first-order valence-corrected chi connectivity index (χ1v) is 6.28. The molecule has 0 aliphatic heterocycles. The summed E-state index contributed by atoms with van der Waals surface area (Å²) in [4.78, 5) is 2.38. The fourth-order valence-corrected chi connectivity index (χ4v) is 1.89. The molecule has 0 rings (SSSR count). The number of nitrogens with zero attached hydrogens (tertiary/aromatic N) is 1. The van der Waals surface area contributed by atoms with Gasteiger partial charge in [-0.25, -0.2) is 0 Å². The van der Waals surface area contributed by atoms with Crippen LogP contribution in [0.1, 0.15) is 32.6 Å². The highest BCUT2D eigenvalue weighted by atomic mass is 32.1. The van der Waals surface area contributed by atoms with Crippen LogP contribution >= 0.6 is 12.6 Å². The summed E-state index contributed by atoms with van der Waals surface area (Å²) in [5, 5.41) is 8.63. The van der Waals surface area contributed by atoms with E-state index in [9.17, 15) is 0 Å². The predicted octanol–water partition coefficient (Wildman–Crippen LogP) is 2.04. The summed E-state index contributed by atoms with van der Waals surface area (Å²) in [6.07, 6.45) is 4.49. The Morgan fingerprint density at radius 3 is 2.50 bits per heavy atom. The summed E-state index contributed by atoms with van der Waals surface area (Å²) < 4.78 is 0. The van der Waals surface area contributed by atoms with Crippen LogP contribution in [-0.2, 0) is 0 Å². The van der Waals surface area contributed by atoms with E-state index in [4.69, 9.17) is 5.11 Å². The second kappa shape index (κ2) is 9.81. The van der Waals surface area contributed by atoms with Crippen molar-refractivity contribution in [3.63, 3.8) is 0 Å². The van der Waals surface area contributed by atoms with Gasteiger partial charge >= 0.3 is 0 Å². The fourth-order valence-electron chi connectivity index (χ4n) is 1.52. The van der Waals surface area contributed by atoms with Crippen LogP contribution in [0, 0.1) is 5.92 Å². The van der Waals surface area contributed by atoms with Gasteiger partial charge in [-0.1, -0.05) is 13.3 Å². The van der Waals surface area contributed by atoms with Crippen molar-refractivity contribution in [2.75, 3.05) is 32.5 Å². The second-order valence-corrected chi connectivity index (χ2v) is 4.37. The highest BCUT2D eigenvalue weighted by Crippen LogP contribution is 2.07. The van der Waals surface area contributed by atoms with E-state index in [1.165, 1.54) is 12.8 Å². The van der Waals surface area contributed by atoms with Crippen LogP contribution in [0.2, 0.25) is 0 Å². The maximum Gasteiger partial charge on any atom is 0.0431 e. The highest BCUT2D eigenvalue weighted by Gasteiger charge is 2.07. The molecule has 0 aliphatic rings. The number of thiol groups is 1. The van der Waals surface area contributed by atoms with Gasteiger partial charge in [0, 0.05) is 13.2 Å². The van der Waals surface area contributed by atoms with Crippen molar-refractivity contribution in [1.29, 1.82) is 0 Å². The van der Waals surface area contributed by atoms with Crippen molar-refractivity contribution in [3.05, 3.63) is 0 Å². The molecule has 0 aromatic carbocycles. The van der Waals surface area contributed by atoms with Gasteiger partial charge in [0.1, 0.15) is 0 Å². The van der Waals surface area contributed by atoms with E-state index in [0.29, 0.717) is 6.61 Å². The molecule has 14 heavy (non-hydrogen) atoms. The van der Waals surface area contributed by atoms with Crippen molar-refractivity contribution in [1.82, 2.24) is 4.90 Å². The van der Waals surface area contributed by atoms with Gasteiger partial charge in [-0.2, -0.15) is 12.6 Å². The molecular weight excluding hydrogens is 194 g/mol. The summed E-state index contributed by atoms with van der Waals surface area (Å²) in [5.41, 5.74) is 0. The van der Waals surface area contributed by atoms with E-state index >= 15 is 0 Å². The normalized spacial score (nSPS) is 13.5. The highest BCUT2D eigenvalue weighted by molar-refractivity contribution is 7.80. The van der Waals surface area contributed by atoms with Gasteiger partial charge in [-0.15, -0.1) is 0 Å². The van der Waals surface area contributed by atoms with Gasteiger partial charge in [-0.05, 0) is 44.5 Å². The zero-order valence-electron chi connectivity index (χ0n) is 9.58. The molecule has 86 valence electrons. The summed E-state index contributed by atoms with van der Waals surface area (Å²) in [6.45, 7) is 4.85. The average Bonchev–Trinajstić information content (AvgIpc) is 2.21. The van der Waals surface area contributed by atoms with Gasteiger partial charge in [0.05, 0.1) is 0 Å². The van der Waals surface area contributed by atoms with Crippen molar-refractivity contribution in [2.45, 2.75) is 32.6 Å². The summed E-state index contributed by atoms with van der Waals surface area (Å²) in [5.74, 6) is 1.71. The number of hydrogen-bond acceptors (Lipinski definition) is 3. The smallest absolute Gasteiger partial charge is 0.0431 e. The third-order valence-electron chi connectivity index (χ3n) is 2.60. The molecule has 0 radical (unpaired) electrons. The van der Waals surface area contributed by atoms with Gasteiger partial charge in [-0.3, -0.25) is 0 Å². The van der Waals surface area contributed by atoms with Gasteiger partial charge in [0.15, 0.2) is 0 Å². The number of aliphatic hydroxyl groups excluding tert-OH is 1. The maximum absolute atomic E-state index is 8.63. The third-order valence-corrected chi connectivity index (χ3v) is 3.12. The first kappa shape index (κ1) is 14.3. The van der Waals surface area contributed by atoms with Crippen molar-refractivity contribution in [3.8, 4) is 0 Å². The zero-order chi connectivity index (χ0) is 10.8. The molecule has 0 bridgehead atoms. The van der Waals surface area contributed by atoms with Crippen LogP contribution in [0.5, 0.6) is 0 Å². The minimum absolute atomic E-state index is 0.331. The number of aliphatic hydroxyl groups is 1. The Kier molecular flexibility index (Phi) is 10.0. The molecule has 0 aromatic heterocycles. The number of rotatable bonds is 9. The lowest BCUT2D eigenvalue weighted by molar-refractivity contribution is 0.260. The molecule has 0 aliphatic carbocycles. The molecule has 0 heterocycles. The lowest BCUT2D eigenvalue weighted by Crippen LogP contribution is -2.27. The predicted molar refractivity (Wildman–Crippen MR) is 66.1 cm³/mol. The Morgan fingerprint density at radius 1 is 1.29 bits per heavy atom. The molecule has 1 unspecified atom stereocenters. The van der Waals surface area contributed by atoms with E-state index in [1.54, 1.807) is 0 Å². The van der Waals surface area contributed by atoms with Crippen LogP contribution in [0.25, 0.3) is 0 Å². The van der Waals surface area contributed by atoms with E-state index in [1.807, 2.05) is 0 Å². The lowest BCUT2D eigenvalue weighted by Gasteiger charge is -2.21. The topological polar surface area (TPSA) is 23.5 Å². The minimum Gasteiger partial charge on any atom is -0.396 e. The molecule has 0 aromatic rings. The van der Waals surface area contributed by atoms with E-state index in [0.717, 1.165) is 37.6 Å². The Hall–Kier alpha value is 0.270. The molecule has 0 spiro atoms. The van der Waals surface area contributed by atoms with Crippen LogP contribution in [0.4, 0.5) is 0 Å². The summed E-state index contributed by atoms with van der Waals surface area (Å²) in [6, 6.07) is 0. The molecule has 0 amide bonds. The molecule has 0 saturated carbocycles.